The molecule has 0 unspecified atom stereocenters. The van der Waals surface area contributed by atoms with Crippen LogP contribution in [-0.4, -0.2) is 22.6 Å². The summed E-state index contributed by atoms with van der Waals surface area (Å²) < 4.78 is 0. The molecule has 1 aliphatic rings. The lowest BCUT2D eigenvalue weighted by molar-refractivity contribution is 0.255. The van der Waals surface area contributed by atoms with E-state index >= 15 is 0 Å². The quantitative estimate of drug-likeness (QED) is 0.828. The van der Waals surface area contributed by atoms with Crippen LogP contribution in [-0.2, 0) is 0 Å². The molecule has 1 N–H and O–H groups in total. The van der Waals surface area contributed by atoms with Crippen LogP contribution in [0.1, 0.15) is 39.0 Å². The Morgan fingerprint density at radius 3 is 2.50 bits per heavy atom. The van der Waals surface area contributed by atoms with Crippen LogP contribution < -0.4 is 5.32 Å². The molecule has 0 atom stereocenters. The average molecular weight is 262 g/mol. The molecule has 0 heterocycles. The third-order valence-corrected chi connectivity index (χ3v) is 3.98. The monoisotopic (exact) mass is 262 g/mol. The highest BCUT2D eigenvalue weighted by atomic mass is 32.1. The van der Waals surface area contributed by atoms with Crippen LogP contribution in [0, 0.1) is 0 Å². The Bertz CT molecular complexity index is 371. The molecule has 3 heteroatoms. The van der Waals surface area contributed by atoms with Gasteiger partial charge in [0.15, 0.2) is 5.11 Å². The van der Waals surface area contributed by atoms with Crippen LogP contribution in [0.5, 0.6) is 0 Å². The SMILES string of the molecule is CCN(C(=S)Nc1ccccc1)C1CCCCC1. The zero-order valence-electron chi connectivity index (χ0n) is 11.1. The van der Waals surface area contributed by atoms with E-state index in [1.807, 2.05) is 18.2 Å². The molecule has 1 aromatic carbocycles. The van der Waals surface area contributed by atoms with E-state index < -0.39 is 0 Å². The lowest BCUT2D eigenvalue weighted by Gasteiger charge is -2.35. The molecular weight excluding hydrogens is 240 g/mol. The molecule has 2 rings (SSSR count). The maximum absolute atomic E-state index is 5.55. The minimum absolute atomic E-state index is 0.632. The Hall–Kier alpha value is -1.09. The summed E-state index contributed by atoms with van der Waals surface area (Å²) in [5.41, 5.74) is 1.08. The zero-order chi connectivity index (χ0) is 12.8. The van der Waals surface area contributed by atoms with Gasteiger partial charge in [0.2, 0.25) is 0 Å². The van der Waals surface area contributed by atoms with Crippen LogP contribution in [0.2, 0.25) is 0 Å². The molecule has 1 saturated carbocycles. The van der Waals surface area contributed by atoms with Crippen molar-refractivity contribution in [2.24, 2.45) is 0 Å². The van der Waals surface area contributed by atoms with Crippen molar-refractivity contribution in [1.82, 2.24) is 4.90 Å². The largest absolute Gasteiger partial charge is 0.346 e. The van der Waals surface area contributed by atoms with Gasteiger partial charge in [0.05, 0.1) is 0 Å². The van der Waals surface area contributed by atoms with Gasteiger partial charge in [0.1, 0.15) is 0 Å². The minimum Gasteiger partial charge on any atom is -0.346 e. The number of rotatable bonds is 3. The third-order valence-electron chi connectivity index (χ3n) is 3.64. The van der Waals surface area contributed by atoms with Crippen molar-refractivity contribution in [1.29, 1.82) is 0 Å². The predicted molar refractivity (Wildman–Crippen MR) is 81.9 cm³/mol. The third kappa shape index (κ3) is 3.45. The fourth-order valence-corrected chi connectivity index (χ4v) is 3.07. The Morgan fingerprint density at radius 2 is 1.89 bits per heavy atom. The van der Waals surface area contributed by atoms with E-state index in [0.717, 1.165) is 17.3 Å². The second kappa shape index (κ2) is 6.74. The Labute approximate surface area is 115 Å². The van der Waals surface area contributed by atoms with Crippen LogP contribution in [0.3, 0.4) is 0 Å². The normalized spacial score (nSPS) is 16.3. The number of anilines is 1. The Balaban J connectivity index is 1.96. The molecular formula is C15H22N2S. The number of benzene rings is 1. The highest BCUT2D eigenvalue weighted by molar-refractivity contribution is 7.80. The molecule has 0 bridgehead atoms. The van der Waals surface area contributed by atoms with Crippen LogP contribution >= 0.6 is 12.2 Å². The standard InChI is InChI=1S/C15H22N2S/c1-2-17(14-11-7-4-8-12-14)15(18)16-13-9-5-3-6-10-13/h3,5-6,9-10,14H,2,4,7-8,11-12H2,1H3,(H,16,18). The summed E-state index contributed by atoms with van der Waals surface area (Å²) in [4.78, 5) is 2.35. The minimum atomic E-state index is 0.632. The number of hydrogen-bond acceptors (Lipinski definition) is 1. The summed E-state index contributed by atoms with van der Waals surface area (Å²) in [5.74, 6) is 0. The predicted octanol–water partition coefficient (Wildman–Crippen LogP) is 4.04. The van der Waals surface area contributed by atoms with Gasteiger partial charge in [0.25, 0.3) is 0 Å². The van der Waals surface area contributed by atoms with Gasteiger partial charge in [0, 0.05) is 18.3 Å². The smallest absolute Gasteiger partial charge is 0.173 e. The number of nitrogens with one attached hydrogen (secondary N) is 1. The highest BCUT2D eigenvalue weighted by Crippen LogP contribution is 2.23. The molecule has 1 aromatic rings. The van der Waals surface area contributed by atoms with E-state index in [-0.39, 0.29) is 0 Å². The van der Waals surface area contributed by atoms with Crippen molar-refractivity contribution in [2.75, 3.05) is 11.9 Å². The molecule has 2 nitrogen and oxygen atoms in total. The molecule has 0 aliphatic heterocycles. The van der Waals surface area contributed by atoms with Crippen molar-refractivity contribution in [3.05, 3.63) is 30.3 Å². The van der Waals surface area contributed by atoms with Gasteiger partial charge in [-0.25, -0.2) is 0 Å². The molecule has 0 radical (unpaired) electrons. The maximum atomic E-state index is 5.55. The fourth-order valence-electron chi connectivity index (χ4n) is 2.68. The number of nitrogens with zero attached hydrogens (tertiary/aromatic N) is 1. The first-order valence-corrected chi connectivity index (χ1v) is 7.34. The van der Waals surface area contributed by atoms with Crippen molar-refractivity contribution in [3.8, 4) is 0 Å². The first-order valence-electron chi connectivity index (χ1n) is 6.94. The first-order chi connectivity index (χ1) is 8.81. The molecule has 0 amide bonds. The van der Waals surface area contributed by atoms with E-state index in [9.17, 15) is 0 Å². The molecule has 1 fully saturated rings. The average Bonchev–Trinajstić information content (AvgIpc) is 2.42. The Kier molecular flexibility index (Phi) is 5.00. The summed E-state index contributed by atoms with van der Waals surface area (Å²) in [5, 5.41) is 4.22. The number of hydrogen-bond donors (Lipinski definition) is 1. The van der Waals surface area contributed by atoms with Crippen LogP contribution in [0.15, 0.2) is 30.3 Å². The fraction of sp³-hybridized carbons (Fsp3) is 0.533. The number of para-hydroxylation sites is 1. The van der Waals surface area contributed by atoms with E-state index in [1.165, 1.54) is 32.1 Å². The van der Waals surface area contributed by atoms with Gasteiger partial charge < -0.3 is 10.2 Å². The summed E-state index contributed by atoms with van der Waals surface area (Å²) in [6, 6.07) is 10.8. The van der Waals surface area contributed by atoms with E-state index in [2.05, 4.69) is 29.3 Å². The highest BCUT2D eigenvalue weighted by Gasteiger charge is 2.21. The maximum Gasteiger partial charge on any atom is 0.173 e. The Morgan fingerprint density at radius 1 is 1.22 bits per heavy atom. The van der Waals surface area contributed by atoms with Gasteiger partial charge in [-0.05, 0) is 44.1 Å². The van der Waals surface area contributed by atoms with Crippen molar-refractivity contribution in [3.63, 3.8) is 0 Å². The summed E-state index contributed by atoms with van der Waals surface area (Å²) in [7, 11) is 0. The van der Waals surface area contributed by atoms with Crippen molar-refractivity contribution >= 4 is 23.0 Å². The molecule has 98 valence electrons. The lowest BCUT2D eigenvalue weighted by Crippen LogP contribution is -2.43. The molecule has 0 saturated heterocycles. The van der Waals surface area contributed by atoms with Crippen molar-refractivity contribution < 1.29 is 0 Å². The van der Waals surface area contributed by atoms with Gasteiger partial charge >= 0.3 is 0 Å². The summed E-state index contributed by atoms with van der Waals surface area (Å²) >= 11 is 5.55. The molecule has 0 aromatic heterocycles. The van der Waals surface area contributed by atoms with Crippen molar-refractivity contribution in [2.45, 2.75) is 45.1 Å². The molecule has 1 aliphatic carbocycles. The number of thiocarbonyl (C=S) groups is 1. The summed E-state index contributed by atoms with van der Waals surface area (Å²) in [6.07, 6.45) is 6.63. The van der Waals surface area contributed by atoms with Crippen LogP contribution in [0.4, 0.5) is 5.69 Å². The first kappa shape index (κ1) is 13.3. The van der Waals surface area contributed by atoms with Gasteiger partial charge in [-0.2, -0.15) is 0 Å². The lowest BCUT2D eigenvalue weighted by atomic mass is 9.94. The summed E-state index contributed by atoms with van der Waals surface area (Å²) in [6.45, 7) is 3.18. The topological polar surface area (TPSA) is 15.3 Å². The van der Waals surface area contributed by atoms with Crippen LogP contribution in [0.25, 0.3) is 0 Å². The zero-order valence-corrected chi connectivity index (χ0v) is 11.9. The van der Waals surface area contributed by atoms with Gasteiger partial charge in [-0.1, -0.05) is 37.5 Å². The molecule has 0 spiro atoms. The van der Waals surface area contributed by atoms with E-state index in [4.69, 9.17) is 12.2 Å². The molecule has 18 heavy (non-hydrogen) atoms. The second-order valence-electron chi connectivity index (χ2n) is 4.87. The van der Waals surface area contributed by atoms with E-state index in [0.29, 0.717) is 6.04 Å². The second-order valence-corrected chi connectivity index (χ2v) is 5.26. The van der Waals surface area contributed by atoms with E-state index in [1.54, 1.807) is 0 Å². The van der Waals surface area contributed by atoms with Gasteiger partial charge in [-0.3, -0.25) is 0 Å². The van der Waals surface area contributed by atoms with Gasteiger partial charge in [-0.15, -0.1) is 0 Å².